The molecule has 0 N–H and O–H groups in total. The Morgan fingerprint density at radius 3 is 1.86 bits per heavy atom. The molecule has 0 aliphatic heterocycles. The van der Waals surface area contributed by atoms with Crippen molar-refractivity contribution in [2.75, 3.05) is 4.90 Å². The van der Waals surface area contributed by atoms with Gasteiger partial charge >= 0.3 is 0 Å². The molecule has 2 nitrogen and oxygen atoms in total. The number of nitrogens with zero attached hydrogens (tertiary/aromatic N) is 2. The largest absolute Gasteiger partial charge is 0.320 e. The van der Waals surface area contributed by atoms with Crippen LogP contribution in [0.4, 0.5) is 17.1 Å². The smallest absolute Gasteiger partial charge is 0.122 e. The van der Waals surface area contributed by atoms with Crippen molar-refractivity contribution < 1.29 is 0 Å². The zero-order chi connectivity index (χ0) is 36.8. The zero-order valence-electron chi connectivity index (χ0n) is 30.4. The van der Waals surface area contributed by atoms with Crippen LogP contribution in [0.5, 0.6) is 0 Å². The second kappa shape index (κ2) is 12.0. The number of rotatable bonds is 5. The maximum Gasteiger partial charge on any atom is 0.122 e. The first-order chi connectivity index (χ1) is 27.8. The predicted molar refractivity (Wildman–Crippen MR) is 238 cm³/mol. The van der Waals surface area contributed by atoms with E-state index in [1.807, 2.05) is 11.3 Å². The van der Waals surface area contributed by atoms with Crippen molar-refractivity contribution in [1.82, 2.24) is 4.57 Å². The van der Waals surface area contributed by atoms with Crippen molar-refractivity contribution in [3.8, 4) is 11.1 Å². The van der Waals surface area contributed by atoms with Crippen molar-refractivity contribution >= 4 is 81.1 Å². The minimum absolute atomic E-state index is 0.665. The molecular weight excluding hydrogens is 697 g/mol. The van der Waals surface area contributed by atoms with Gasteiger partial charge in [-0.25, -0.2) is 0 Å². The van der Waals surface area contributed by atoms with Gasteiger partial charge in [0.1, 0.15) is 5.54 Å². The van der Waals surface area contributed by atoms with Crippen molar-refractivity contribution in [3.63, 3.8) is 0 Å². The fourth-order valence-corrected chi connectivity index (χ4v) is 10.9. The van der Waals surface area contributed by atoms with Crippen LogP contribution in [0.3, 0.4) is 0 Å². The third-order valence-electron chi connectivity index (χ3n) is 12.0. The Labute approximate surface area is 328 Å². The monoisotopic (exact) mass is 730 g/mol. The van der Waals surface area contributed by atoms with E-state index in [-0.39, 0.29) is 0 Å². The first kappa shape index (κ1) is 31.4. The van der Waals surface area contributed by atoms with Gasteiger partial charge in [-0.1, -0.05) is 164 Å². The quantitative estimate of drug-likeness (QED) is 0.171. The molecule has 0 spiro atoms. The molecule has 2 heterocycles. The van der Waals surface area contributed by atoms with E-state index in [1.165, 1.54) is 86.3 Å². The van der Waals surface area contributed by atoms with Crippen LogP contribution in [0.2, 0.25) is 0 Å². The van der Waals surface area contributed by atoms with Gasteiger partial charge in [0.25, 0.3) is 0 Å². The molecule has 9 aromatic carbocycles. The molecule has 0 radical (unpaired) electrons. The van der Waals surface area contributed by atoms with Crippen molar-refractivity contribution in [2.45, 2.75) is 5.54 Å². The topological polar surface area (TPSA) is 8.17 Å². The summed E-state index contributed by atoms with van der Waals surface area (Å²) < 4.78 is 5.26. The summed E-state index contributed by atoms with van der Waals surface area (Å²) in [6.45, 7) is 0. The van der Waals surface area contributed by atoms with Crippen LogP contribution < -0.4 is 4.90 Å². The highest BCUT2D eigenvalue weighted by Crippen LogP contribution is 2.57. The molecule has 11 aromatic rings. The van der Waals surface area contributed by atoms with Gasteiger partial charge in [0, 0.05) is 36.6 Å². The van der Waals surface area contributed by atoms with Gasteiger partial charge in [-0.3, -0.25) is 0 Å². The number of benzene rings is 9. The van der Waals surface area contributed by atoms with Crippen LogP contribution in [0.15, 0.2) is 206 Å². The first-order valence-corrected chi connectivity index (χ1v) is 20.1. The van der Waals surface area contributed by atoms with Crippen molar-refractivity contribution in [1.29, 1.82) is 0 Å². The summed E-state index contributed by atoms with van der Waals surface area (Å²) in [7, 11) is 0. The number of thiophene rings is 1. The predicted octanol–water partition coefficient (Wildman–Crippen LogP) is 14.6. The maximum absolute atomic E-state index is 2.69. The Balaban J connectivity index is 1.29. The van der Waals surface area contributed by atoms with Gasteiger partial charge < -0.3 is 9.47 Å². The molecule has 262 valence electrons. The van der Waals surface area contributed by atoms with E-state index in [9.17, 15) is 0 Å². The molecule has 0 saturated heterocycles. The van der Waals surface area contributed by atoms with E-state index in [1.54, 1.807) is 0 Å². The molecular formula is C53H34N2S. The molecule has 2 aromatic heterocycles. The molecule has 12 rings (SSSR count). The van der Waals surface area contributed by atoms with Gasteiger partial charge in [0.2, 0.25) is 0 Å². The number of para-hydroxylation sites is 2. The highest BCUT2D eigenvalue weighted by atomic mass is 32.1. The van der Waals surface area contributed by atoms with Crippen LogP contribution in [-0.2, 0) is 5.54 Å². The molecule has 1 aliphatic rings. The molecule has 56 heavy (non-hydrogen) atoms. The third-order valence-corrected chi connectivity index (χ3v) is 13.1. The van der Waals surface area contributed by atoms with E-state index in [0.29, 0.717) is 0 Å². The Kier molecular flexibility index (Phi) is 6.75. The Bertz CT molecular complexity index is 3290. The Morgan fingerprint density at radius 1 is 0.429 bits per heavy atom. The summed E-state index contributed by atoms with van der Waals surface area (Å²) in [5, 5.41) is 7.45. The molecule has 1 aliphatic carbocycles. The SMILES string of the molecule is c1ccc(C2(n3c4ccccc4c4cccc(N(c5ccc6ccccc6c5)c5cccc6sc7ccccc7c56)c43)c3ccccc3-c3ccccc32)cc1. The molecule has 3 heteroatoms. The number of hydrogen-bond donors (Lipinski definition) is 0. The zero-order valence-corrected chi connectivity index (χ0v) is 31.2. The number of anilines is 3. The van der Waals surface area contributed by atoms with Gasteiger partial charge in [-0.05, 0) is 81.1 Å². The van der Waals surface area contributed by atoms with Gasteiger partial charge in [-0.15, -0.1) is 11.3 Å². The molecule has 0 amide bonds. The summed E-state index contributed by atoms with van der Waals surface area (Å²) in [6.07, 6.45) is 0. The van der Waals surface area contributed by atoms with Crippen LogP contribution in [0.25, 0.3) is 63.9 Å². The summed E-state index contributed by atoms with van der Waals surface area (Å²) in [6, 6.07) is 76.5. The molecule has 0 fully saturated rings. The van der Waals surface area contributed by atoms with Gasteiger partial charge in [0.15, 0.2) is 0 Å². The Morgan fingerprint density at radius 2 is 1.04 bits per heavy atom. The molecule has 0 atom stereocenters. The highest BCUT2D eigenvalue weighted by molar-refractivity contribution is 7.26. The first-order valence-electron chi connectivity index (χ1n) is 19.3. The maximum atomic E-state index is 2.69. The fraction of sp³-hybridized carbons (Fsp3) is 0.0189. The summed E-state index contributed by atoms with van der Waals surface area (Å²) >= 11 is 1.87. The normalized spacial score (nSPS) is 13.1. The van der Waals surface area contributed by atoms with Crippen LogP contribution in [0.1, 0.15) is 16.7 Å². The van der Waals surface area contributed by atoms with Gasteiger partial charge in [0.05, 0.1) is 22.4 Å². The molecule has 0 bridgehead atoms. The second-order valence-corrected chi connectivity index (χ2v) is 15.9. The van der Waals surface area contributed by atoms with Crippen LogP contribution >= 0.6 is 11.3 Å². The van der Waals surface area contributed by atoms with E-state index >= 15 is 0 Å². The lowest BCUT2D eigenvalue weighted by Gasteiger charge is -2.38. The standard InChI is InChI=1S/C53H34N2S/c1-2-18-37(19-3-1)53(44-25-10-6-20-39(44)40-21-7-11-26-45(40)53)55-46-27-12-8-22-41(46)42-24-14-29-48(52(42)55)54(38-33-32-35-16-4-5-17-36(35)34-38)47-28-15-31-50-51(47)43-23-9-13-30-49(43)56-50/h1-34H. The summed E-state index contributed by atoms with van der Waals surface area (Å²) in [5.41, 5.74) is 11.5. The fourth-order valence-electron chi connectivity index (χ4n) is 9.77. The Hall–Kier alpha value is -6.94. The van der Waals surface area contributed by atoms with Gasteiger partial charge in [-0.2, -0.15) is 0 Å². The molecule has 0 saturated carbocycles. The van der Waals surface area contributed by atoms with E-state index in [2.05, 4.69) is 216 Å². The number of aromatic nitrogens is 1. The van der Waals surface area contributed by atoms with E-state index in [4.69, 9.17) is 0 Å². The summed E-state index contributed by atoms with van der Waals surface area (Å²) in [4.78, 5) is 2.54. The number of hydrogen-bond acceptors (Lipinski definition) is 2. The lowest BCUT2D eigenvalue weighted by molar-refractivity contribution is 0.564. The molecule has 0 unspecified atom stereocenters. The minimum atomic E-state index is -0.665. The highest BCUT2D eigenvalue weighted by Gasteiger charge is 2.48. The van der Waals surface area contributed by atoms with Crippen LogP contribution in [0, 0.1) is 0 Å². The average Bonchev–Trinajstić information content (AvgIpc) is 3.91. The van der Waals surface area contributed by atoms with E-state index < -0.39 is 5.54 Å². The lowest BCUT2D eigenvalue weighted by atomic mass is 9.80. The third kappa shape index (κ3) is 4.26. The minimum Gasteiger partial charge on any atom is -0.320 e. The average molecular weight is 731 g/mol. The number of fused-ring (bicyclic) bond motifs is 10. The summed E-state index contributed by atoms with van der Waals surface area (Å²) in [5.74, 6) is 0. The van der Waals surface area contributed by atoms with Crippen molar-refractivity contribution in [3.05, 3.63) is 223 Å². The second-order valence-electron chi connectivity index (χ2n) is 14.8. The lowest BCUT2D eigenvalue weighted by Crippen LogP contribution is -2.36. The van der Waals surface area contributed by atoms with Crippen molar-refractivity contribution in [2.24, 2.45) is 0 Å². The van der Waals surface area contributed by atoms with Crippen LogP contribution in [-0.4, -0.2) is 4.57 Å². The van der Waals surface area contributed by atoms with E-state index in [0.717, 1.165) is 11.4 Å².